The van der Waals surface area contributed by atoms with Crippen LogP contribution in [0.1, 0.15) is 41.5 Å². The van der Waals surface area contributed by atoms with Gasteiger partial charge >= 0.3 is 0 Å². The molecule has 162 valence electrons. The lowest BCUT2D eigenvalue weighted by Gasteiger charge is -2.09. The number of guanidine groups is 1. The van der Waals surface area contributed by atoms with Crippen LogP contribution in [0.25, 0.3) is 0 Å². The van der Waals surface area contributed by atoms with Gasteiger partial charge in [-0.2, -0.15) is 0 Å². The van der Waals surface area contributed by atoms with Gasteiger partial charge in [-0.25, -0.2) is 9.97 Å². The first-order valence-electron chi connectivity index (χ1n) is 9.67. The van der Waals surface area contributed by atoms with Crippen LogP contribution >= 0.6 is 0 Å². The van der Waals surface area contributed by atoms with E-state index in [1.165, 1.54) is 5.56 Å². The number of ether oxygens (including phenoxy) is 1. The molecule has 0 aliphatic rings. The molecule has 10 heteroatoms. The average molecular weight is 415 g/mol. The highest BCUT2D eigenvalue weighted by Gasteiger charge is 2.15. The summed E-state index contributed by atoms with van der Waals surface area (Å²) >= 11 is 0. The fraction of sp³-hybridized carbons (Fsp3) is 0.400. The molecule has 10 nitrogen and oxygen atoms in total. The van der Waals surface area contributed by atoms with Crippen molar-refractivity contribution in [3.63, 3.8) is 0 Å². The summed E-state index contributed by atoms with van der Waals surface area (Å²) < 4.78 is 5.44. The van der Waals surface area contributed by atoms with Gasteiger partial charge < -0.3 is 27.0 Å². The van der Waals surface area contributed by atoms with Crippen molar-refractivity contribution in [1.82, 2.24) is 15.3 Å². The van der Waals surface area contributed by atoms with E-state index in [2.05, 4.69) is 20.3 Å². The number of hydrogen-bond donors (Lipinski definition) is 5. The molecule has 0 bridgehead atoms. The van der Waals surface area contributed by atoms with Gasteiger partial charge in [-0.3, -0.25) is 15.1 Å². The number of aromatic nitrogens is 2. The quantitative estimate of drug-likeness (QED) is 0.227. The number of unbranched alkanes of at least 4 members (excludes halogenated alkanes) is 1. The van der Waals surface area contributed by atoms with E-state index < -0.39 is 12.0 Å². The molecular weight excluding hydrogens is 386 g/mol. The molecule has 1 unspecified atom stereocenters. The van der Waals surface area contributed by atoms with E-state index in [0.29, 0.717) is 12.2 Å². The summed E-state index contributed by atoms with van der Waals surface area (Å²) in [7, 11) is 0. The van der Waals surface area contributed by atoms with Crippen molar-refractivity contribution in [3.05, 3.63) is 41.2 Å². The minimum absolute atomic E-state index is 0.00436. The zero-order valence-corrected chi connectivity index (χ0v) is 17.3. The van der Waals surface area contributed by atoms with Crippen molar-refractivity contribution in [1.29, 1.82) is 0 Å². The molecule has 1 heterocycles. The molecule has 0 spiro atoms. The standard InChI is InChI=1S/C20H29N7O3/c1-12(28)11-30-15-8-6-14(7-9-15)5-3-4-10-24-20(23)27-19(29)16-18(22)26-17(21)13(2)25-16/h6-9,12,28H,3-5,10-11H2,1-2H3,(H4,21,22,26)(H3,23,24,27,29). The first-order chi connectivity index (χ1) is 14.3. The second-order valence-corrected chi connectivity index (χ2v) is 6.91. The van der Waals surface area contributed by atoms with Crippen LogP contribution < -0.4 is 27.3 Å². The van der Waals surface area contributed by atoms with Crippen LogP contribution in [0.3, 0.4) is 0 Å². The lowest BCUT2D eigenvalue weighted by molar-refractivity contribution is 0.0972. The number of nitrogens with two attached hydrogens (primary N) is 3. The van der Waals surface area contributed by atoms with Crippen molar-refractivity contribution < 1.29 is 14.6 Å². The molecular formula is C20H29N7O3. The third kappa shape index (κ3) is 7.21. The average Bonchev–Trinajstić information content (AvgIpc) is 2.69. The molecule has 1 aromatic heterocycles. The molecule has 0 saturated heterocycles. The Hall–Kier alpha value is -3.40. The Balaban J connectivity index is 1.74. The Labute approximate surface area is 175 Å². The summed E-state index contributed by atoms with van der Waals surface area (Å²) in [6.07, 6.45) is 2.10. The number of nitrogens with one attached hydrogen (secondary N) is 1. The normalized spacial score (nSPS) is 12.4. The maximum atomic E-state index is 12.2. The second kappa shape index (κ2) is 11.0. The van der Waals surface area contributed by atoms with Crippen LogP contribution in [0.2, 0.25) is 0 Å². The number of aliphatic imine (C=N–C) groups is 1. The predicted molar refractivity (Wildman–Crippen MR) is 116 cm³/mol. The number of nitrogen functional groups attached to an aromatic ring is 2. The minimum Gasteiger partial charge on any atom is -0.491 e. The molecule has 2 aromatic rings. The number of rotatable bonds is 9. The van der Waals surface area contributed by atoms with Crippen LogP contribution in [0.5, 0.6) is 5.75 Å². The van der Waals surface area contributed by atoms with Crippen molar-refractivity contribution in [2.24, 2.45) is 10.7 Å². The predicted octanol–water partition coefficient (Wildman–Crippen LogP) is 0.776. The Bertz CT molecular complexity index is 883. The first kappa shape index (κ1) is 22.9. The van der Waals surface area contributed by atoms with Crippen molar-refractivity contribution >= 4 is 23.5 Å². The van der Waals surface area contributed by atoms with Gasteiger partial charge in [-0.15, -0.1) is 0 Å². The van der Waals surface area contributed by atoms with Crippen molar-refractivity contribution in [3.8, 4) is 5.75 Å². The summed E-state index contributed by atoms with van der Waals surface area (Å²) in [6, 6.07) is 7.76. The molecule has 30 heavy (non-hydrogen) atoms. The molecule has 0 radical (unpaired) electrons. The van der Waals surface area contributed by atoms with E-state index in [4.69, 9.17) is 21.9 Å². The molecule has 2 rings (SSSR count). The number of carbonyl (C=O) groups is 1. The van der Waals surface area contributed by atoms with Gasteiger partial charge in [-0.05, 0) is 50.8 Å². The molecule has 1 atom stereocenters. The molecule has 0 aliphatic carbocycles. The van der Waals surface area contributed by atoms with Gasteiger partial charge in [0.05, 0.1) is 11.8 Å². The molecule has 8 N–H and O–H groups in total. The first-order valence-corrected chi connectivity index (χ1v) is 9.67. The zero-order chi connectivity index (χ0) is 22.1. The fourth-order valence-electron chi connectivity index (χ4n) is 2.54. The van der Waals surface area contributed by atoms with E-state index in [1.54, 1.807) is 13.8 Å². The number of aliphatic hydroxyl groups is 1. The Kier molecular flexibility index (Phi) is 8.36. The third-order valence-electron chi connectivity index (χ3n) is 4.16. The number of hydrogen-bond acceptors (Lipinski definition) is 8. The zero-order valence-electron chi connectivity index (χ0n) is 17.3. The van der Waals surface area contributed by atoms with Crippen LogP contribution in [-0.2, 0) is 6.42 Å². The van der Waals surface area contributed by atoms with E-state index in [0.717, 1.165) is 25.0 Å². The third-order valence-corrected chi connectivity index (χ3v) is 4.16. The number of nitrogens with zero attached hydrogens (tertiary/aromatic N) is 3. The van der Waals surface area contributed by atoms with Crippen LogP contribution in [-0.4, -0.2) is 46.2 Å². The summed E-state index contributed by atoms with van der Waals surface area (Å²) in [5.41, 5.74) is 18.6. The van der Waals surface area contributed by atoms with Crippen LogP contribution in [0, 0.1) is 6.92 Å². The summed E-state index contributed by atoms with van der Waals surface area (Å²) in [5, 5.41) is 11.7. The molecule has 0 saturated carbocycles. The van der Waals surface area contributed by atoms with Gasteiger partial charge in [0, 0.05) is 6.54 Å². The molecule has 0 aliphatic heterocycles. The number of aryl methyl sites for hydroxylation is 2. The maximum Gasteiger partial charge on any atom is 0.280 e. The van der Waals surface area contributed by atoms with Crippen LogP contribution in [0.15, 0.2) is 29.3 Å². The SMILES string of the molecule is Cc1nc(C(=O)NC(N)=NCCCCc2ccc(OCC(C)O)cc2)c(N)nc1N. The Morgan fingerprint density at radius 1 is 1.20 bits per heavy atom. The van der Waals surface area contributed by atoms with E-state index in [1.807, 2.05) is 24.3 Å². The van der Waals surface area contributed by atoms with Crippen molar-refractivity contribution in [2.45, 2.75) is 39.2 Å². The van der Waals surface area contributed by atoms with E-state index in [9.17, 15) is 9.90 Å². The molecule has 0 fully saturated rings. The van der Waals surface area contributed by atoms with Gasteiger partial charge in [0.15, 0.2) is 17.5 Å². The second-order valence-electron chi connectivity index (χ2n) is 6.91. The summed E-state index contributed by atoms with van der Waals surface area (Å²) in [6.45, 7) is 4.06. The van der Waals surface area contributed by atoms with Crippen LogP contribution in [0.4, 0.5) is 11.6 Å². The highest BCUT2D eigenvalue weighted by molar-refractivity contribution is 6.06. The lowest BCUT2D eigenvalue weighted by Crippen LogP contribution is -2.38. The van der Waals surface area contributed by atoms with Gasteiger partial charge in [0.2, 0.25) is 0 Å². The number of aliphatic hydroxyl groups excluding tert-OH is 1. The maximum absolute atomic E-state index is 12.2. The summed E-state index contributed by atoms with van der Waals surface area (Å²) in [5.74, 6) is 0.255. The minimum atomic E-state index is -0.581. The smallest absolute Gasteiger partial charge is 0.280 e. The highest BCUT2D eigenvalue weighted by Crippen LogP contribution is 2.14. The Morgan fingerprint density at radius 2 is 1.90 bits per heavy atom. The number of carbonyl (C=O) groups excluding carboxylic acids is 1. The Morgan fingerprint density at radius 3 is 2.57 bits per heavy atom. The molecule has 1 amide bonds. The van der Waals surface area contributed by atoms with E-state index >= 15 is 0 Å². The summed E-state index contributed by atoms with van der Waals surface area (Å²) in [4.78, 5) is 24.3. The fourth-order valence-corrected chi connectivity index (χ4v) is 2.54. The highest BCUT2D eigenvalue weighted by atomic mass is 16.5. The van der Waals surface area contributed by atoms with Gasteiger partial charge in [-0.1, -0.05) is 12.1 Å². The number of anilines is 2. The topological polar surface area (TPSA) is 175 Å². The van der Waals surface area contributed by atoms with Gasteiger partial charge in [0.1, 0.15) is 18.2 Å². The largest absolute Gasteiger partial charge is 0.491 e. The number of amides is 1. The lowest BCUT2D eigenvalue weighted by atomic mass is 10.1. The molecule has 1 aromatic carbocycles. The number of benzene rings is 1. The monoisotopic (exact) mass is 415 g/mol. The van der Waals surface area contributed by atoms with Gasteiger partial charge in [0.25, 0.3) is 5.91 Å². The van der Waals surface area contributed by atoms with Crippen molar-refractivity contribution in [2.75, 3.05) is 24.6 Å². The van der Waals surface area contributed by atoms with E-state index in [-0.39, 0.29) is 29.9 Å².